The third-order valence-corrected chi connectivity index (χ3v) is 5.33. The average Bonchev–Trinajstić information content (AvgIpc) is 2.85. The number of thiophene rings is 1. The van der Waals surface area contributed by atoms with E-state index < -0.39 is 0 Å². The van der Waals surface area contributed by atoms with Crippen molar-refractivity contribution in [3.05, 3.63) is 50.7 Å². The number of aryl methyl sites for hydroxylation is 1. The van der Waals surface area contributed by atoms with Gasteiger partial charge >= 0.3 is 0 Å². The van der Waals surface area contributed by atoms with Crippen molar-refractivity contribution in [1.29, 1.82) is 0 Å². The Morgan fingerprint density at radius 1 is 1.35 bits per heavy atom. The first-order valence-electron chi connectivity index (χ1n) is 6.96. The van der Waals surface area contributed by atoms with Crippen molar-refractivity contribution < 1.29 is 5.11 Å². The smallest absolute Gasteiger partial charge is 0.115 e. The van der Waals surface area contributed by atoms with Crippen molar-refractivity contribution in [3.8, 4) is 5.75 Å². The van der Waals surface area contributed by atoms with Crippen LogP contribution in [0, 0.1) is 0 Å². The Kier molecular flexibility index (Phi) is 4.01. The number of halogens is 1. The van der Waals surface area contributed by atoms with Crippen molar-refractivity contribution in [3.63, 3.8) is 0 Å². The molecule has 2 nitrogen and oxygen atoms in total. The summed E-state index contributed by atoms with van der Waals surface area (Å²) in [5.41, 5.74) is 2.59. The minimum absolute atomic E-state index is 0.289. The summed E-state index contributed by atoms with van der Waals surface area (Å²) in [6.45, 7) is 2.18. The maximum Gasteiger partial charge on any atom is 0.115 e. The fourth-order valence-electron chi connectivity index (χ4n) is 2.92. The number of hydrogen-bond acceptors (Lipinski definition) is 3. The molecule has 106 valence electrons. The van der Waals surface area contributed by atoms with Crippen LogP contribution in [0.25, 0.3) is 0 Å². The predicted octanol–water partition coefficient (Wildman–Crippen LogP) is 4.84. The van der Waals surface area contributed by atoms with Gasteiger partial charge in [0.15, 0.2) is 0 Å². The lowest BCUT2D eigenvalue weighted by Crippen LogP contribution is -2.27. The van der Waals surface area contributed by atoms with Crippen LogP contribution in [0.15, 0.2) is 30.3 Å². The third kappa shape index (κ3) is 2.85. The summed E-state index contributed by atoms with van der Waals surface area (Å²) >= 11 is 7.64. The van der Waals surface area contributed by atoms with Gasteiger partial charge in [-0.1, -0.05) is 17.7 Å². The molecule has 2 N–H and O–H groups in total. The molecule has 1 aliphatic carbocycles. The Morgan fingerprint density at radius 3 is 2.95 bits per heavy atom. The minimum atomic E-state index is 0.289. The summed E-state index contributed by atoms with van der Waals surface area (Å²) in [5.74, 6) is 0.363. The SMILES string of the molecule is CC(NC1CCCc2cc(O)ccc21)c1ccc(Cl)s1. The van der Waals surface area contributed by atoms with Gasteiger partial charge in [-0.3, -0.25) is 0 Å². The molecule has 1 aromatic heterocycles. The van der Waals surface area contributed by atoms with Gasteiger partial charge in [-0.05, 0) is 61.6 Å². The largest absolute Gasteiger partial charge is 0.508 e. The normalized spacial score (nSPS) is 19.6. The number of nitrogens with one attached hydrogen (secondary N) is 1. The molecule has 0 radical (unpaired) electrons. The van der Waals surface area contributed by atoms with Gasteiger partial charge in [0.25, 0.3) is 0 Å². The van der Waals surface area contributed by atoms with Gasteiger partial charge < -0.3 is 10.4 Å². The summed E-state index contributed by atoms with van der Waals surface area (Å²) in [5, 5.41) is 13.3. The van der Waals surface area contributed by atoms with Gasteiger partial charge in [-0.2, -0.15) is 0 Å². The summed E-state index contributed by atoms with van der Waals surface area (Å²) in [7, 11) is 0. The van der Waals surface area contributed by atoms with Crippen LogP contribution in [-0.2, 0) is 6.42 Å². The van der Waals surface area contributed by atoms with Gasteiger partial charge in [-0.25, -0.2) is 0 Å². The third-order valence-electron chi connectivity index (χ3n) is 3.91. The maximum absolute atomic E-state index is 9.60. The minimum Gasteiger partial charge on any atom is -0.508 e. The molecule has 0 saturated heterocycles. The molecule has 3 rings (SSSR count). The standard InChI is InChI=1S/C16H18ClNOS/c1-10(15-7-8-16(17)20-15)18-14-4-2-3-11-9-12(19)5-6-13(11)14/h5-10,14,18-19H,2-4H2,1H3. The van der Waals surface area contributed by atoms with Crippen LogP contribution in [-0.4, -0.2) is 5.11 Å². The van der Waals surface area contributed by atoms with E-state index in [1.807, 2.05) is 12.1 Å². The first-order chi connectivity index (χ1) is 9.63. The molecular formula is C16H18ClNOS. The van der Waals surface area contributed by atoms with Crippen LogP contribution in [0.1, 0.15) is 47.9 Å². The van der Waals surface area contributed by atoms with E-state index >= 15 is 0 Å². The Bertz CT molecular complexity index is 610. The molecule has 1 aliphatic rings. The summed E-state index contributed by atoms with van der Waals surface area (Å²) in [6.07, 6.45) is 3.36. The van der Waals surface area contributed by atoms with E-state index in [1.165, 1.54) is 16.0 Å². The lowest BCUT2D eigenvalue weighted by atomic mass is 9.87. The lowest BCUT2D eigenvalue weighted by Gasteiger charge is -2.29. The van der Waals surface area contributed by atoms with Crippen molar-refractivity contribution in [2.45, 2.75) is 38.3 Å². The monoisotopic (exact) mass is 307 g/mol. The Morgan fingerprint density at radius 2 is 2.20 bits per heavy atom. The van der Waals surface area contributed by atoms with E-state index in [-0.39, 0.29) is 6.04 Å². The molecule has 0 fully saturated rings. The van der Waals surface area contributed by atoms with E-state index in [1.54, 1.807) is 17.4 Å². The van der Waals surface area contributed by atoms with Crippen molar-refractivity contribution >= 4 is 22.9 Å². The first-order valence-corrected chi connectivity index (χ1v) is 8.16. The summed E-state index contributed by atoms with van der Waals surface area (Å²) < 4.78 is 0.836. The molecule has 2 unspecified atom stereocenters. The fraction of sp³-hybridized carbons (Fsp3) is 0.375. The molecule has 0 aliphatic heterocycles. The molecule has 4 heteroatoms. The molecule has 20 heavy (non-hydrogen) atoms. The number of hydrogen-bond donors (Lipinski definition) is 2. The van der Waals surface area contributed by atoms with Crippen LogP contribution in [0.2, 0.25) is 4.34 Å². The molecule has 1 heterocycles. The molecule has 0 amide bonds. The topological polar surface area (TPSA) is 32.3 Å². The van der Waals surface area contributed by atoms with E-state index in [0.717, 1.165) is 23.6 Å². The second kappa shape index (κ2) is 5.76. The number of phenols is 1. The van der Waals surface area contributed by atoms with Crippen LogP contribution in [0.5, 0.6) is 5.75 Å². The zero-order valence-electron chi connectivity index (χ0n) is 11.4. The highest BCUT2D eigenvalue weighted by Crippen LogP contribution is 2.35. The van der Waals surface area contributed by atoms with E-state index in [0.29, 0.717) is 11.8 Å². The quantitative estimate of drug-likeness (QED) is 0.851. The van der Waals surface area contributed by atoms with Crippen molar-refractivity contribution in [2.24, 2.45) is 0 Å². The number of rotatable bonds is 3. The van der Waals surface area contributed by atoms with Gasteiger partial charge in [-0.15, -0.1) is 11.3 Å². The second-order valence-electron chi connectivity index (χ2n) is 5.36. The predicted molar refractivity (Wildman–Crippen MR) is 84.7 cm³/mol. The van der Waals surface area contributed by atoms with Gasteiger partial charge in [0, 0.05) is 17.0 Å². The summed E-state index contributed by atoms with van der Waals surface area (Å²) in [4.78, 5) is 1.26. The molecule has 0 saturated carbocycles. The van der Waals surface area contributed by atoms with E-state index in [2.05, 4.69) is 24.4 Å². The highest BCUT2D eigenvalue weighted by atomic mass is 35.5. The highest BCUT2D eigenvalue weighted by molar-refractivity contribution is 7.16. The van der Waals surface area contributed by atoms with Gasteiger partial charge in [0.2, 0.25) is 0 Å². The van der Waals surface area contributed by atoms with Gasteiger partial charge in [0.1, 0.15) is 5.75 Å². The number of benzene rings is 1. The molecule has 0 spiro atoms. The highest BCUT2D eigenvalue weighted by Gasteiger charge is 2.22. The lowest BCUT2D eigenvalue weighted by molar-refractivity contribution is 0.415. The molecule has 0 bridgehead atoms. The van der Waals surface area contributed by atoms with E-state index in [4.69, 9.17) is 11.6 Å². The van der Waals surface area contributed by atoms with Crippen LogP contribution < -0.4 is 5.32 Å². The fourth-order valence-corrected chi connectivity index (χ4v) is 3.99. The Labute approximate surface area is 128 Å². The molecule has 1 aromatic carbocycles. The zero-order valence-corrected chi connectivity index (χ0v) is 13.0. The molecular weight excluding hydrogens is 290 g/mol. The van der Waals surface area contributed by atoms with Crippen molar-refractivity contribution in [2.75, 3.05) is 0 Å². The van der Waals surface area contributed by atoms with Crippen molar-refractivity contribution in [1.82, 2.24) is 5.32 Å². The number of fused-ring (bicyclic) bond motifs is 1. The molecule has 2 aromatic rings. The van der Waals surface area contributed by atoms with Gasteiger partial charge in [0.05, 0.1) is 4.34 Å². The van der Waals surface area contributed by atoms with Crippen LogP contribution in [0.4, 0.5) is 0 Å². The Balaban J connectivity index is 1.79. The first kappa shape index (κ1) is 13.9. The second-order valence-corrected chi connectivity index (χ2v) is 7.10. The summed E-state index contributed by atoms with van der Waals surface area (Å²) in [6, 6.07) is 10.4. The zero-order chi connectivity index (χ0) is 14.1. The van der Waals surface area contributed by atoms with Crippen LogP contribution in [0.3, 0.4) is 0 Å². The maximum atomic E-state index is 9.60. The molecule has 2 atom stereocenters. The number of phenolic OH excluding ortho intramolecular Hbond substituents is 1. The average molecular weight is 308 g/mol. The van der Waals surface area contributed by atoms with E-state index in [9.17, 15) is 5.11 Å². The number of aromatic hydroxyl groups is 1. The Hall–Kier alpha value is -1.03. The van der Waals surface area contributed by atoms with Crippen LogP contribution >= 0.6 is 22.9 Å².